The minimum absolute atomic E-state index is 0.997. The number of rotatable bonds is 2. The summed E-state index contributed by atoms with van der Waals surface area (Å²) < 4.78 is 0. The second-order valence-electron chi connectivity index (χ2n) is 6.61. The van der Waals surface area contributed by atoms with Gasteiger partial charge in [-0.1, -0.05) is 54.1 Å². The van der Waals surface area contributed by atoms with E-state index in [1.807, 2.05) is 0 Å². The Kier molecular flexibility index (Phi) is 4.38. The maximum atomic E-state index is 3.65. The molecule has 1 aliphatic heterocycles. The summed E-state index contributed by atoms with van der Waals surface area (Å²) in [5.74, 6) is 0. The molecule has 0 fully saturated rings. The van der Waals surface area contributed by atoms with Crippen LogP contribution in [0.15, 0.2) is 87.8 Å². The first-order chi connectivity index (χ1) is 11.1. The molecule has 118 valence electrons. The topological polar surface area (TPSA) is 12.0 Å². The molecule has 0 atom stereocenters. The van der Waals surface area contributed by atoms with Gasteiger partial charge in [0.05, 0.1) is 0 Å². The van der Waals surface area contributed by atoms with E-state index < -0.39 is 0 Å². The van der Waals surface area contributed by atoms with E-state index in [4.69, 9.17) is 0 Å². The van der Waals surface area contributed by atoms with E-state index in [9.17, 15) is 0 Å². The summed E-state index contributed by atoms with van der Waals surface area (Å²) in [6, 6.07) is 10.7. The minimum atomic E-state index is 0.997. The van der Waals surface area contributed by atoms with Gasteiger partial charge in [-0.05, 0) is 62.0 Å². The van der Waals surface area contributed by atoms with Crippen LogP contribution in [-0.4, -0.2) is 0 Å². The van der Waals surface area contributed by atoms with Gasteiger partial charge in [-0.25, -0.2) is 0 Å². The molecule has 1 aromatic carbocycles. The van der Waals surface area contributed by atoms with E-state index in [1.165, 1.54) is 44.8 Å². The number of nitrogens with one attached hydrogen (secondary N) is 1. The molecule has 2 aliphatic rings. The zero-order chi connectivity index (χ0) is 16.4. The zero-order valence-corrected chi connectivity index (χ0v) is 14.5. The second-order valence-corrected chi connectivity index (χ2v) is 6.61. The van der Waals surface area contributed by atoms with E-state index in [-0.39, 0.29) is 0 Å². The third-order valence-corrected chi connectivity index (χ3v) is 4.72. The fourth-order valence-corrected chi connectivity index (χ4v) is 3.30. The number of hydrogen-bond donors (Lipinski definition) is 1. The Balaban J connectivity index is 1.96. The van der Waals surface area contributed by atoms with Gasteiger partial charge in [-0.15, -0.1) is 0 Å². The first-order valence-electron chi connectivity index (χ1n) is 8.33. The predicted octanol–water partition coefficient (Wildman–Crippen LogP) is 5.60. The summed E-state index contributed by atoms with van der Waals surface area (Å²) in [6.45, 7) is 8.75. The Labute approximate surface area is 139 Å². The SMILES string of the molecule is CC(C)=C1/C=C/C2=C(CC=C2Cc2ccccc2)NC(C)=C1C. The number of hydrogen-bond acceptors (Lipinski definition) is 1. The summed E-state index contributed by atoms with van der Waals surface area (Å²) in [5.41, 5.74) is 10.8. The highest BCUT2D eigenvalue weighted by molar-refractivity contribution is 5.56. The van der Waals surface area contributed by atoms with Crippen molar-refractivity contribution >= 4 is 0 Å². The molecule has 1 aromatic rings. The molecule has 0 bridgehead atoms. The highest BCUT2D eigenvalue weighted by atomic mass is 14.9. The largest absolute Gasteiger partial charge is 0.362 e. The quantitative estimate of drug-likeness (QED) is 0.749. The van der Waals surface area contributed by atoms with Gasteiger partial charge in [0.25, 0.3) is 0 Å². The first kappa shape index (κ1) is 15.6. The Hall–Kier alpha value is -2.28. The molecular formula is C22H25N. The monoisotopic (exact) mass is 303 g/mol. The van der Waals surface area contributed by atoms with E-state index in [2.05, 4.69) is 81.6 Å². The molecule has 23 heavy (non-hydrogen) atoms. The van der Waals surface area contributed by atoms with Gasteiger partial charge in [0.1, 0.15) is 0 Å². The molecule has 1 aliphatic carbocycles. The van der Waals surface area contributed by atoms with Crippen LogP contribution in [0.2, 0.25) is 0 Å². The van der Waals surface area contributed by atoms with Gasteiger partial charge >= 0.3 is 0 Å². The van der Waals surface area contributed by atoms with Crippen molar-refractivity contribution in [1.29, 1.82) is 0 Å². The van der Waals surface area contributed by atoms with Gasteiger partial charge in [0, 0.05) is 17.8 Å². The highest BCUT2D eigenvalue weighted by Crippen LogP contribution is 2.32. The lowest BCUT2D eigenvalue weighted by molar-refractivity contribution is 0.906. The van der Waals surface area contributed by atoms with Crippen LogP contribution >= 0.6 is 0 Å². The predicted molar refractivity (Wildman–Crippen MR) is 98.9 cm³/mol. The van der Waals surface area contributed by atoms with Gasteiger partial charge < -0.3 is 5.32 Å². The van der Waals surface area contributed by atoms with Crippen LogP contribution in [0.5, 0.6) is 0 Å². The number of benzene rings is 1. The van der Waals surface area contributed by atoms with Crippen molar-refractivity contribution in [3.8, 4) is 0 Å². The van der Waals surface area contributed by atoms with Gasteiger partial charge in [-0.2, -0.15) is 0 Å². The lowest BCUT2D eigenvalue weighted by Crippen LogP contribution is -2.14. The fraction of sp³-hybridized carbons (Fsp3) is 0.273. The van der Waals surface area contributed by atoms with Crippen molar-refractivity contribution in [2.45, 2.75) is 40.5 Å². The molecule has 1 heteroatoms. The van der Waals surface area contributed by atoms with Crippen LogP contribution in [0.1, 0.15) is 39.7 Å². The number of allylic oxidation sites excluding steroid dienone is 9. The van der Waals surface area contributed by atoms with Crippen LogP contribution in [0, 0.1) is 0 Å². The van der Waals surface area contributed by atoms with E-state index in [0.717, 1.165) is 12.8 Å². The highest BCUT2D eigenvalue weighted by Gasteiger charge is 2.19. The van der Waals surface area contributed by atoms with Gasteiger partial charge in [0.15, 0.2) is 0 Å². The van der Waals surface area contributed by atoms with Crippen LogP contribution < -0.4 is 5.32 Å². The average molecular weight is 303 g/mol. The van der Waals surface area contributed by atoms with Crippen molar-refractivity contribution in [1.82, 2.24) is 5.32 Å². The van der Waals surface area contributed by atoms with Crippen LogP contribution in [0.4, 0.5) is 0 Å². The third-order valence-electron chi connectivity index (χ3n) is 4.72. The first-order valence-corrected chi connectivity index (χ1v) is 8.33. The minimum Gasteiger partial charge on any atom is -0.362 e. The maximum Gasteiger partial charge on any atom is 0.0263 e. The lowest BCUT2D eigenvalue weighted by Gasteiger charge is -2.19. The Morgan fingerprint density at radius 3 is 2.48 bits per heavy atom. The average Bonchev–Trinajstić information content (AvgIpc) is 2.88. The van der Waals surface area contributed by atoms with E-state index in [0.29, 0.717) is 0 Å². The Bertz CT molecular complexity index is 763. The van der Waals surface area contributed by atoms with Crippen molar-refractivity contribution < 1.29 is 0 Å². The summed E-state index contributed by atoms with van der Waals surface area (Å²) in [4.78, 5) is 0. The molecule has 0 aromatic heterocycles. The molecule has 0 radical (unpaired) electrons. The van der Waals surface area contributed by atoms with Crippen molar-refractivity contribution in [2.24, 2.45) is 0 Å². The van der Waals surface area contributed by atoms with Crippen molar-refractivity contribution in [2.75, 3.05) is 0 Å². The molecule has 0 saturated carbocycles. The standard InChI is InChI=1S/C22H25N/c1-15(2)20-11-12-21-19(14-18-8-6-5-7-9-18)10-13-22(21)23-17(4)16(20)3/h5-12,23H,13-14H2,1-4H3/b12-11+,17-16?. The summed E-state index contributed by atoms with van der Waals surface area (Å²) >= 11 is 0. The van der Waals surface area contributed by atoms with Crippen molar-refractivity contribution in [3.63, 3.8) is 0 Å². The van der Waals surface area contributed by atoms with E-state index >= 15 is 0 Å². The summed E-state index contributed by atoms with van der Waals surface area (Å²) in [5, 5.41) is 3.65. The summed E-state index contributed by atoms with van der Waals surface area (Å²) in [7, 11) is 0. The Morgan fingerprint density at radius 2 is 1.78 bits per heavy atom. The molecule has 1 nitrogen and oxygen atoms in total. The maximum absolute atomic E-state index is 3.65. The molecule has 1 N–H and O–H groups in total. The Morgan fingerprint density at radius 1 is 1.04 bits per heavy atom. The summed E-state index contributed by atoms with van der Waals surface area (Å²) in [6.07, 6.45) is 8.94. The smallest absolute Gasteiger partial charge is 0.0263 e. The second kappa shape index (κ2) is 6.45. The normalized spacial score (nSPS) is 19.0. The zero-order valence-electron chi connectivity index (χ0n) is 14.5. The van der Waals surface area contributed by atoms with Crippen LogP contribution in [0.3, 0.4) is 0 Å². The van der Waals surface area contributed by atoms with Crippen LogP contribution in [0.25, 0.3) is 0 Å². The lowest BCUT2D eigenvalue weighted by atomic mass is 9.95. The van der Waals surface area contributed by atoms with Crippen LogP contribution in [-0.2, 0) is 6.42 Å². The molecular weight excluding hydrogens is 278 g/mol. The van der Waals surface area contributed by atoms with Gasteiger partial charge in [-0.3, -0.25) is 0 Å². The fourth-order valence-electron chi connectivity index (χ4n) is 3.30. The van der Waals surface area contributed by atoms with E-state index in [1.54, 1.807) is 0 Å². The molecule has 0 amide bonds. The molecule has 0 spiro atoms. The van der Waals surface area contributed by atoms with Crippen molar-refractivity contribution in [3.05, 3.63) is 93.4 Å². The molecule has 0 saturated heterocycles. The molecule has 0 unspecified atom stereocenters. The molecule has 1 heterocycles. The third kappa shape index (κ3) is 3.24. The van der Waals surface area contributed by atoms with Gasteiger partial charge in [0.2, 0.25) is 0 Å². The molecule has 3 rings (SSSR count).